The molecule has 1 unspecified atom stereocenters. The van der Waals surface area contributed by atoms with Crippen molar-refractivity contribution in [2.75, 3.05) is 13.7 Å². The van der Waals surface area contributed by atoms with Crippen LogP contribution in [-0.4, -0.2) is 25.7 Å². The zero-order valence-electron chi connectivity index (χ0n) is 13.9. The first-order valence-electron chi connectivity index (χ1n) is 7.73. The lowest BCUT2D eigenvalue weighted by atomic mass is 9.85. The van der Waals surface area contributed by atoms with Gasteiger partial charge >= 0.3 is 6.09 Å². The van der Waals surface area contributed by atoms with Crippen molar-refractivity contribution in [3.8, 4) is 0 Å². The second-order valence-corrected chi connectivity index (χ2v) is 6.15. The van der Waals surface area contributed by atoms with Crippen molar-refractivity contribution < 1.29 is 9.53 Å². The topological polar surface area (TPSA) is 62.7 Å². The molecule has 0 bridgehead atoms. The van der Waals surface area contributed by atoms with Gasteiger partial charge in [-0.25, -0.2) is 9.79 Å². The van der Waals surface area contributed by atoms with Crippen LogP contribution >= 0.6 is 0 Å². The van der Waals surface area contributed by atoms with Crippen LogP contribution in [0.1, 0.15) is 62.3 Å². The van der Waals surface area contributed by atoms with Gasteiger partial charge in [0.25, 0.3) is 0 Å². The molecule has 1 heterocycles. The van der Waals surface area contributed by atoms with Gasteiger partial charge in [0.1, 0.15) is 0 Å². The maximum Gasteiger partial charge on any atom is 0.413 e. The molecule has 5 heteroatoms. The van der Waals surface area contributed by atoms with Crippen LogP contribution in [0.25, 0.3) is 0 Å². The highest BCUT2D eigenvalue weighted by molar-refractivity contribution is 5.94. The molecule has 0 spiro atoms. The summed E-state index contributed by atoms with van der Waals surface area (Å²) in [6, 6.07) is 6.45. The molecule has 0 saturated carbocycles. The normalized spacial score (nSPS) is 17.4. The first-order valence-corrected chi connectivity index (χ1v) is 7.73. The van der Waals surface area contributed by atoms with Gasteiger partial charge in [0.2, 0.25) is 5.96 Å². The molecule has 0 aromatic heterocycles. The molecular formula is C17H25N3O2. The number of aliphatic imine (C=N–C) groups is 1. The molecule has 5 nitrogen and oxygen atoms in total. The van der Waals surface area contributed by atoms with Gasteiger partial charge in [0, 0.05) is 6.54 Å². The van der Waals surface area contributed by atoms with E-state index in [1.165, 1.54) is 23.8 Å². The first kappa shape index (κ1) is 16.3. The lowest BCUT2D eigenvalue weighted by molar-refractivity contribution is 0.176. The molecule has 0 aliphatic carbocycles. The number of alkyl carbamates (subject to hydrolysis) is 1. The van der Waals surface area contributed by atoms with Gasteiger partial charge in [0.15, 0.2) is 0 Å². The van der Waals surface area contributed by atoms with Crippen LogP contribution in [0.5, 0.6) is 0 Å². The third-order valence-electron chi connectivity index (χ3n) is 3.89. The van der Waals surface area contributed by atoms with Crippen LogP contribution in [0, 0.1) is 0 Å². The average molecular weight is 303 g/mol. The number of carbonyl (C=O) groups excluding carboxylic acids is 1. The molecule has 0 saturated heterocycles. The second-order valence-electron chi connectivity index (χ2n) is 6.15. The predicted octanol–water partition coefficient (Wildman–Crippen LogP) is 3.29. The Kier molecular flexibility index (Phi) is 5.06. The van der Waals surface area contributed by atoms with Gasteiger partial charge in [0.05, 0.1) is 13.2 Å². The van der Waals surface area contributed by atoms with E-state index in [1.807, 2.05) is 0 Å². The van der Waals surface area contributed by atoms with Gasteiger partial charge in [-0.15, -0.1) is 0 Å². The number of nitrogens with one attached hydrogen (secondary N) is 2. The summed E-state index contributed by atoms with van der Waals surface area (Å²) in [4.78, 5) is 15.9. The third-order valence-corrected chi connectivity index (χ3v) is 3.89. The van der Waals surface area contributed by atoms with E-state index in [2.05, 4.69) is 66.3 Å². The van der Waals surface area contributed by atoms with Crippen molar-refractivity contribution in [1.29, 1.82) is 0 Å². The van der Waals surface area contributed by atoms with Crippen molar-refractivity contribution in [3.05, 3.63) is 34.9 Å². The molecule has 1 atom stereocenters. The van der Waals surface area contributed by atoms with Crippen LogP contribution in [0.2, 0.25) is 0 Å². The minimum absolute atomic E-state index is 0.0169. The molecule has 22 heavy (non-hydrogen) atoms. The Hall–Kier alpha value is -2.04. The lowest BCUT2D eigenvalue weighted by Crippen LogP contribution is -2.37. The molecule has 2 N–H and O–H groups in total. The van der Waals surface area contributed by atoms with Gasteiger partial charge in [-0.05, 0) is 28.5 Å². The molecule has 2 rings (SSSR count). The maximum absolute atomic E-state index is 11.3. The molecular weight excluding hydrogens is 278 g/mol. The Balaban J connectivity index is 2.33. The molecule has 1 aliphatic heterocycles. The number of carbonyl (C=O) groups is 1. The highest BCUT2D eigenvalue weighted by Gasteiger charge is 2.25. The number of benzene rings is 1. The van der Waals surface area contributed by atoms with Crippen molar-refractivity contribution in [1.82, 2.24) is 10.6 Å². The molecule has 1 aromatic rings. The SMILES string of the molecule is COC(=O)NC1=NC(c2cccc(C(C)C)c2C(C)C)CN1. The summed E-state index contributed by atoms with van der Waals surface area (Å²) in [5, 5.41) is 5.72. The summed E-state index contributed by atoms with van der Waals surface area (Å²) >= 11 is 0. The standard InChI is InChI=1S/C17H25N3O2/c1-10(2)12-7-6-8-13(15(12)11(3)4)14-9-18-16(19-14)20-17(21)22-5/h6-8,10-11,14H,9H2,1-5H3,(H2,18,19,20,21). The number of methoxy groups -OCH3 is 1. The van der Waals surface area contributed by atoms with E-state index in [0.717, 1.165) is 0 Å². The van der Waals surface area contributed by atoms with Gasteiger partial charge < -0.3 is 10.1 Å². The second kappa shape index (κ2) is 6.81. The average Bonchev–Trinajstić information content (AvgIpc) is 2.94. The van der Waals surface area contributed by atoms with Crippen LogP contribution in [0.4, 0.5) is 4.79 Å². The third kappa shape index (κ3) is 3.40. The first-order chi connectivity index (χ1) is 10.4. The number of nitrogens with zero attached hydrogens (tertiary/aromatic N) is 1. The summed E-state index contributed by atoms with van der Waals surface area (Å²) < 4.78 is 4.59. The zero-order valence-corrected chi connectivity index (χ0v) is 13.9. The van der Waals surface area contributed by atoms with Crippen LogP contribution in [0.15, 0.2) is 23.2 Å². The Morgan fingerprint density at radius 3 is 2.64 bits per heavy atom. The van der Waals surface area contributed by atoms with E-state index >= 15 is 0 Å². The lowest BCUT2D eigenvalue weighted by Gasteiger charge is -2.22. The van der Waals surface area contributed by atoms with E-state index < -0.39 is 6.09 Å². The van der Waals surface area contributed by atoms with E-state index in [4.69, 9.17) is 0 Å². The Morgan fingerprint density at radius 2 is 2.05 bits per heavy atom. The summed E-state index contributed by atoms with van der Waals surface area (Å²) in [7, 11) is 1.34. The minimum atomic E-state index is -0.507. The summed E-state index contributed by atoms with van der Waals surface area (Å²) in [5.41, 5.74) is 3.97. The number of ether oxygens (including phenoxy) is 1. The van der Waals surface area contributed by atoms with Crippen LogP contribution < -0.4 is 10.6 Å². The monoisotopic (exact) mass is 303 g/mol. The van der Waals surface area contributed by atoms with E-state index in [9.17, 15) is 4.79 Å². The zero-order chi connectivity index (χ0) is 16.3. The summed E-state index contributed by atoms with van der Waals surface area (Å²) in [5.74, 6) is 1.38. The molecule has 1 aliphatic rings. The van der Waals surface area contributed by atoms with Crippen molar-refractivity contribution >= 4 is 12.1 Å². The highest BCUT2D eigenvalue weighted by Crippen LogP contribution is 2.34. The van der Waals surface area contributed by atoms with E-state index in [-0.39, 0.29) is 6.04 Å². The van der Waals surface area contributed by atoms with Gasteiger partial charge in [-0.3, -0.25) is 5.32 Å². The fourth-order valence-electron chi connectivity index (χ4n) is 2.91. The number of guanidine groups is 1. The summed E-state index contributed by atoms with van der Waals surface area (Å²) in [6.45, 7) is 9.53. The van der Waals surface area contributed by atoms with Crippen LogP contribution in [-0.2, 0) is 4.74 Å². The smallest absolute Gasteiger partial charge is 0.413 e. The number of hydrogen-bond donors (Lipinski definition) is 2. The fourth-order valence-corrected chi connectivity index (χ4v) is 2.91. The minimum Gasteiger partial charge on any atom is -0.453 e. The van der Waals surface area contributed by atoms with Crippen molar-refractivity contribution in [3.63, 3.8) is 0 Å². The summed E-state index contributed by atoms with van der Waals surface area (Å²) in [6.07, 6.45) is -0.507. The Bertz CT molecular complexity index is 579. The fraction of sp³-hybridized carbons (Fsp3) is 0.529. The quantitative estimate of drug-likeness (QED) is 0.900. The molecule has 1 aromatic carbocycles. The number of rotatable bonds is 3. The Morgan fingerprint density at radius 1 is 1.32 bits per heavy atom. The van der Waals surface area contributed by atoms with Gasteiger partial charge in [-0.2, -0.15) is 0 Å². The molecule has 0 fully saturated rings. The number of hydrogen-bond acceptors (Lipinski definition) is 4. The van der Waals surface area contributed by atoms with Crippen molar-refractivity contribution in [2.24, 2.45) is 4.99 Å². The van der Waals surface area contributed by atoms with Crippen LogP contribution in [0.3, 0.4) is 0 Å². The maximum atomic E-state index is 11.3. The van der Waals surface area contributed by atoms with Crippen molar-refractivity contribution in [2.45, 2.75) is 45.6 Å². The number of amides is 1. The van der Waals surface area contributed by atoms with E-state index in [0.29, 0.717) is 24.3 Å². The van der Waals surface area contributed by atoms with E-state index in [1.54, 1.807) is 0 Å². The molecule has 1 amide bonds. The largest absolute Gasteiger partial charge is 0.453 e. The highest BCUT2D eigenvalue weighted by atomic mass is 16.5. The molecule has 0 radical (unpaired) electrons. The van der Waals surface area contributed by atoms with Gasteiger partial charge in [-0.1, -0.05) is 45.9 Å². The Labute approximate surface area is 132 Å². The molecule has 120 valence electrons. The predicted molar refractivity (Wildman–Crippen MR) is 88.3 cm³/mol.